The molecule has 0 radical (unpaired) electrons. The Morgan fingerprint density at radius 2 is 1.15 bits per heavy atom. The molecular weight excluding hydrogens is 777 g/mol. The highest BCUT2D eigenvalue weighted by atomic mass is 16.7. The van der Waals surface area contributed by atoms with E-state index in [-0.39, 0.29) is 19.2 Å². The van der Waals surface area contributed by atoms with Crippen LogP contribution in [0.4, 0.5) is 0 Å². The van der Waals surface area contributed by atoms with Gasteiger partial charge in [-0.25, -0.2) is 0 Å². The Morgan fingerprint density at radius 3 is 1.74 bits per heavy atom. The molecule has 0 bridgehead atoms. The molecular formula is C50H62O11. The molecule has 7 rings (SSSR count). The van der Waals surface area contributed by atoms with Crippen LogP contribution in [0.1, 0.15) is 86.8 Å². The van der Waals surface area contributed by atoms with Gasteiger partial charge in [0.25, 0.3) is 0 Å². The molecule has 0 aromatic heterocycles. The lowest BCUT2D eigenvalue weighted by Gasteiger charge is -2.51. The molecule has 328 valence electrons. The number of rotatable bonds is 21. The van der Waals surface area contributed by atoms with E-state index in [1.807, 2.05) is 128 Å². The number of methoxy groups -OCH3 is 1. The van der Waals surface area contributed by atoms with E-state index in [2.05, 4.69) is 0 Å². The van der Waals surface area contributed by atoms with Crippen molar-refractivity contribution in [3.05, 3.63) is 144 Å². The second-order valence-electron chi connectivity index (χ2n) is 16.2. The summed E-state index contributed by atoms with van der Waals surface area (Å²) in [4.78, 5) is 11.5. The number of carbonyl (C=O) groups excluding carboxylic acids is 1. The highest BCUT2D eigenvalue weighted by molar-refractivity contribution is 5.68. The zero-order chi connectivity index (χ0) is 42.2. The van der Waals surface area contributed by atoms with Crippen LogP contribution in [0.15, 0.2) is 121 Å². The minimum atomic E-state index is -1.07. The second kappa shape index (κ2) is 23.4. The van der Waals surface area contributed by atoms with Crippen molar-refractivity contribution in [3.8, 4) is 0 Å². The standard InChI is InChI=1S/C50H62O11/c1-35-44(54-31-36-21-11-7-12-22-36)47(55-32-37-23-13-8-14-24-37)48(56-33-38-25-15-9-16-26-38)50(58-35)61-45-40(29-19-5-3-4-6-20-30-42(51)53-2)59-41-34-57-49(60-46(41)43(45)52)39-27-17-10-18-28-39/h7-18,21-28,35,40-41,43-50,52H,3-6,19-20,29-34H2,1-2H3/t35-,40?,41+,43+,44+,45-,46-,47+,48-,49?,50-/m0/s1. The molecule has 2 unspecified atom stereocenters. The van der Waals surface area contributed by atoms with Crippen LogP contribution >= 0.6 is 0 Å². The first-order valence-electron chi connectivity index (χ1n) is 22.0. The summed E-state index contributed by atoms with van der Waals surface area (Å²) in [6.07, 6.45) is -0.861. The van der Waals surface area contributed by atoms with E-state index in [4.69, 9.17) is 42.6 Å². The summed E-state index contributed by atoms with van der Waals surface area (Å²) in [6, 6.07) is 39.8. The molecule has 3 saturated heterocycles. The molecule has 3 aliphatic rings. The first-order valence-corrected chi connectivity index (χ1v) is 22.0. The normalized spacial score (nSPS) is 28.8. The van der Waals surface area contributed by atoms with Gasteiger partial charge in [0.05, 0.1) is 45.7 Å². The minimum Gasteiger partial charge on any atom is -0.469 e. The predicted octanol–water partition coefficient (Wildman–Crippen LogP) is 8.41. The van der Waals surface area contributed by atoms with E-state index in [1.54, 1.807) is 0 Å². The number of ether oxygens (including phenoxy) is 9. The molecule has 0 amide bonds. The average molecular weight is 839 g/mol. The molecule has 4 aromatic carbocycles. The molecule has 1 N–H and O–H groups in total. The maximum Gasteiger partial charge on any atom is 0.305 e. The topological polar surface area (TPSA) is 120 Å². The van der Waals surface area contributed by atoms with Gasteiger partial charge in [0, 0.05) is 12.0 Å². The van der Waals surface area contributed by atoms with Crippen molar-refractivity contribution in [1.82, 2.24) is 0 Å². The molecule has 11 heteroatoms. The van der Waals surface area contributed by atoms with Crippen LogP contribution in [-0.4, -0.2) is 86.0 Å². The highest BCUT2D eigenvalue weighted by Crippen LogP contribution is 2.39. The number of carbonyl (C=O) groups is 1. The van der Waals surface area contributed by atoms with Crippen molar-refractivity contribution >= 4 is 5.97 Å². The summed E-state index contributed by atoms with van der Waals surface area (Å²) in [7, 11) is 1.42. The quantitative estimate of drug-likeness (QED) is 0.0644. The van der Waals surface area contributed by atoms with Gasteiger partial charge in [-0.05, 0) is 36.5 Å². The number of aliphatic hydroxyl groups excluding tert-OH is 1. The fourth-order valence-electron chi connectivity index (χ4n) is 8.42. The molecule has 11 atom stereocenters. The fourth-order valence-corrected chi connectivity index (χ4v) is 8.42. The van der Waals surface area contributed by atoms with E-state index < -0.39 is 67.5 Å². The van der Waals surface area contributed by atoms with Gasteiger partial charge in [-0.2, -0.15) is 0 Å². The average Bonchev–Trinajstić information content (AvgIpc) is 3.30. The fraction of sp³-hybridized carbons (Fsp3) is 0.500. The number of hydrogen-bond acceptors (Lipinski definition) is 11. The Bertz CT molecular complexity index is 1830. The smallest absolute Gasteiger partial charge is 0.305 e. The molecule has 0 saturated carbocycles. The third-order valence-electron chi connectivity index (χ3n) is 11.7. The molecule has 61 heavy (non-hydrogen) atoms. The van der Waals surface area contributed by atoms with Gasteiger partial charge in [0.15, 0.2) is 12.6 Å². The van der Waals surface area contributed by atoms with Gasteiger partial charge < -0.3 is 47.7 Å². The lowest BCUT2D eigenvalue weighted by molar-refractivity contribution is -0.372. The molecule has 3 aliphatic heterocycles. The molecule has 4 aromatic rings. The Labute approximate surface area is 360 Å². The van der Waals surface area contributed by atoms with E-state index in [0.717, 1.165) is 60.8 Å². The van der Waals surface area contributed by atoms with Crippen molar-refractivity contribution in [2.24, 2.45) is 0 Å². The van der Waals surface area contributed by atoms with Crippen molar-refractivity contribution < 1.29 is 52.5 Å². The first kappa shape index (κ1) is 45.0. The third-order valence-corrected chi connectivity index (χ3v) is 11.7. The Balaban J connectivity index is 1.13. The Kier molecular flexibility index (Phi) is 17.3. The van der Waals surface area contributed by atoms with Crippen molar-refractivity contribution in [1.29, 1.82) is 0 Å². The van der Waals surface area contributed by atoms with Crippen LogP contribution in [-0.2, 0) is 67.2 Å². The summed E-state index contributed by atoms with van der Waals surface area (Å²) in [6.45, 7) is 3.18. The van der Waals surface area contributed by atoms with Gasteiger partial charge in [-0.3, -0.25) is 4.79 Å². The Morgan fingerprint density at radius 1 is 0.623 bits per heavy atom. The zero-order valence-corrected chi connectivity index (χ0v) is 35.4. The monoisotopic (exact) mass is 838 g/mol. The Hall–Kier alpha value is -4.01. The number of benzene rings is 4. The minimum absolute atomic E-state index is 0.170. The maximum absolute atomic E-state index is 12.4. The highest BCUT2D eigenvalue weighted by Gasteiger charge is 2.54. The summed E-state index contributed by atoms with van der Waals surface area (Å²) in [5, 5.41) is 12.4. The largest absolute Gasteiger partial charge is 0.469 e. The van der Waals surface area contributed by atoms with Gasteiger partial charge in [0.2, 0.25) is 0 Å². The lowest BCUT2D eigenvalue weighted by Crippen LogP contribution is -2.65. The number of aliphatic hydroxyl groups is 1. The van der Waals surface area contributed by atoms with Crippen LogP contribution in [0.3, 0.4) is 0 Å². The van der Waals surface area contributed by atoms with Crippen molar-refractivity contribution in [3.63, 3.8) is 0 Å². The zero-order valence-electron chi connectivity index (χ0n) is 35.4. The van der Waals surface area contributed by atoms with Crippen LogP contribution in [0.5, 0.6) is 0 Å². The molecule has 0 aliphatic carbocycles. The number of esters is 1. The number of unbranched alkanes of at least 4 members (excludes halogenated alkanes) is 5. The molecule has 0 spiro atoms. The molecule has 3 heterocycles. The van der Waals surface area contributed by atoms with Gasteiger partial charge in [0.1, 0.15) is 42.7 Å². The summed E-state index contributed by atoms with van der Waals surface area (Å²) < 4.78 is 58.3. The van der Waals surface area contributed by atoms with Gasteiger partial charge in [-0.1, -0.05) is 153 Å². The SMILES string of the molecule is COC(=O)CCCCCCCCC1O[C@@H]2COC(c3ccccc3)O[C@@H]2[C@H](O)[C@H]1O[C@@H]1O[C@@H](C)[C@@H](OCc2ccccc2)[C@@H](OCc2ccccc2)[C@@H]1OCc1ccccc1. The molecule has 11 nitrogen and oxygen atoms in total. The van der Waals surface area contributed by atoms with Crippen molar-refractivity contribution in [2.75, 3.05) is 13.7 Å². The summed E-state index contributed by atoms with van der Waals surface area (Å²) in [5.41, 5.74) is 3.89. The van der Waals surface area contributed by atoms with E-state index >= 15 is 0 Å². The number of fused-ring (bicyclic) bond motifs is 1. The number of hydrogen-bond donors (Lipinski definition) is 1. The van der Waals surface area contributed by atoms with Crippen LogP contribution in [0, 0.1) is 0 Å². The van der Waals surface area contributed by atoms with Gasteiger partial charge in [-0.15, -0.1) is 0 Å². The van der Waals surface area contributed by atoms with E-state index in [0.29, 0.717) is 26.1 Å². The van der Waals surface area contributed by atoms with Crippen LogP contribution < -0.4 is 0 Å². The first-order chi connectivity index (χ1) is 30.0. The van der Waals surface area contributed by atoms with Crippen LogP contribution in [0.25, 0.3) is 0 Å². The lowest BCUT2D eigenvalue weighted by atomic mass is 9.90. The van der Waals surface area contributed by atoms with Crippen molar-refractivity contribution in [2.45, 2.75) is 146 Å². The summed E-state index contributed by atoms with van der Waals surface area (Å²) >= 11 is 0. The predicted molar refractivity (Wildman–Crippen MR) is 228 cm³/mol. The van der Waals surface area contributed by atoms with Crippen LogP contribution in [0.2, 0.25) is 0 Å². The maximum atomic E-state index is 12.4. The third kappa shape index (κ3) is 12.8. The second-order valence-corrected chi connectivity index (χ2v) is 16.2. The van der Waals surface area contributed by atoms with E-state index in [9.17, 15) is 9.90 Å². The van der Waals surface area contributed by atoms with Gasteiger partial charge >= 0.3 is 5.97 Å². The summed E-state index contributed by atoms with van der Waals surface area (Å²) in [5.74, 6) is -0.170. The molecule has 3 fully saturated rings. The van der Waals surface area contributed by atoms with E-state index in [1.165, 1.54) is 7.11 Å².